The fourth-order valence-corrected chi connectivity index (χ4v) is 2.17. The van der Waals surface area contributed by atoms with Gasteiger partial charge in [0.1, 0.15) is 17.3 Å². The second kappa shape index (κ2) is 6.60. The van der Waals surface area contributed by atoms with Crippen molar-refractivity contribution in [3.63, 3.8) is 0 Å². The molecule has 1 amide bonds. The molecular weight excluding hydrogens is 281 g/mol. The van der Waals surface area contributed by atoms with E-state index < -0.39 is 5.41 Å². The van der Waals surface area contributed by atoms with Crippen LogP contribution in [0.15, 0.2) is 46.9 Å². The molecule has 0 bridgehead atoms. The summed E-state index contributed by atoms with van der Waals surface area (Å²) in [5, 5.41) is 2.79. The molecule has 1 N–H and O–H groups in total. The minimum absolute atomic E-state index is 0.238. The lowest BCUT2D eigenvalue weighted by atomic mass is 9.84. The van der Waals surface area contributed by atoms with Crippen molar-refractivity contribution in [2.24, 2.45) is 0 Å². The topological polar surface area (TPSA) is 42.2 Å². The molecule has 0 fully saturated rings. The quantitative estimate of drug-likeness (QED) is 0.853. The van der Waals surface area contributed by atoms with Crippen LogP contribution in [0.4, 0.5) is 4.39 Å². The van der Waals surface area contributed by atoms with Crippen molar-refractivity contribution >= 4 is 12.0 Å². The third kappa shape index (κ3) is 4.07. The number of amides is 1. The maximum absolute atomic E-state index is 13.8. The molecule has 0 radical (unpaired) electrons. The van der Waals surface area contributed by atoms with Gasteiger partial charge in [0.25, 0.3) is 0 Å². The van der Waals surface area contributed by atoms with Gasteiger partial charge in [0.2, 0.25) is 5.91 Å². The predicted molar refractivity (Wildman–Crippen MR) is 84.9 cm³/mol. The van der Waals surface area contributed by atoms with Crippen molar-refractivity contribution in [1.82, 2.24) is 5.32 Å². The molecule has 1 aromatic heterocycles. The lowest BCUT2D eigenvalue weighted by molar-refractivity contribution is -0.116. The van der Waals surface area contributed by atoms with E-state index in [9.17, 15) is 9.18 Å². The highest BCUT2D eigenvalue weighted by Gasteiger charge is 2.24. The number of hydrogen-bond donors (Lipinski definition) is 1. The Bertz CT molecular complexity index is 686. The summed E-state index contributed by atoms with van der Waals surface area (Å²) in [6.45, 7) is 5.97. The molecule has 0 aliphatic rings. The van der Waals surface area contributed by atoms with Gasteiger partial charge in [0.05, 0.1) is 0 Å². The first-order valence-corrected chi connectivity index (χ1v) is 7.16. The Morgan fingerprint density at radius 3 is 2.64 bits per heavy atom. The largest absolute Gasteiger partial charge is 0.462 e. The fourth-order valence-electron chi connectivity index (χ4n) is 2.17. The number of benzene rings is 1. The average Bonchev–Trinajstić information content (AvgIpc) is 2.89. The van der Waals surface area contributed by atoms with E-state index in [4.69, 9.17) is 4.42 Å². The van der Waals surface area contributed by atoms with Crippen LogP contribution in [-0.2, 0) is 10.2 Å². The van der Waals surface area contributed by atoms with Gasteiger partial charge in [-0.3, -0.25) is 4.79 Å². The second-order valence-corrected chi connectivity index (χ2v) is 5.86. The summed E-state index contributed by atoms with van der Waals surface area (Å²) in [4.78, 5) is 11.9. The Morgan fingerprint density at radius 1 is 1.27 bits per heavy atom. The van der Waals surface area contributed by atoms with Gasteiger partial charge in [-0.05, 0) is 36.8 Å². The monoisotopic (exact) mass is 301 g/mol. The number of aryl methyl sites for hydroxylation is 1. The summed E-state index contributed by atoms with van der Waals surface area (Å²) in [6.07, 6.45) is 3.02. The second-order valence-electron chi connectivity index (χ2n) is 5.86. The van der Waals surface area contributed by atoms with Crippen molar-refractivity contribution in [2.75, 3.05) is 6.54 Å². The molecule has 0 atom stereocenters. The molecule has 1 aromatic carbocycles. The maximum Gasteiger partial charge on any atom is 0.244 e. The number of rotatable bonds is 5. The van der Waals surface area contributed by atoms with Gasteiger partial charge in [-0.15, -0.1) is 0 Å². The Kier molecular flexibility index (Phi) is 4.81. The Morgan fingerprint density at radius 2 is 2.00 bits per heavy atom. The fraction of sp³-hybridized carbons (Fsp3) is 0.278. The predicted octanol–water partition coefficient (Wildman–Crippen LogP) is 3.83. The summed E-state index contributed by atoms with van der Waals surface area (Å²) in [6, 6.07) is 10.2. The number of nitrogens with one attached hydrogen (secondary N) is 1. The van der Waals surface area contributed by atoms with Crippen LogP contribution in [0.25, 0.3) is 6.08 Å². The van der Waals surface area contributed by atoms with Crippen LogP contribution in [0.3, 0.4) is 0 Å². The summed E-state index contributed by atoms with van der Waals surface area (Å²) < 4.78 is 19.2. The van der Waals surface area contributed by atoms with Gasteiger partial charge in [0, 0.05) is 18.0 Å². The van der Waals surface area contributed by atoms with Crippen LogP contribution < -0.4 is 5.32 Å². The number of hydrogen-bond acceptors (Lipinski definition) is 2. The van der Waals surface area contributed by atoms with Crippen LogP contribution in [-0.4, -0.2) is 12.5 Å². The Balaban J connectivity index is 1.95. The molecule has 2 rings (SSSR count). The van der Waals surface area contributed by atoms with E-state index in [1.165, 1.54) is 12.1 Å². The van der Waals surface area contributed by atoms with E-state index in [1.54, 1.807) is 30.3 Å². The summed E-state index contributed by atoms with van der Waals surface area (Å²) in [5.41, 5.74) is 0.0942. The molecule has 1 heterocycles. The van der Waals surface area contributed by atoms with Gasteiger partial charge < -0.3 is 9.73 Å². The van der Waals surface area contributed by atoms with Crippen molar-refractivity contribution < 1.29 is 13.6 Å². The molecule has 116 valence electrons. The summed E-state index contributed by atoms with van der Waals surface area (Å²) in [5.74, 6) is 0.920. The molecule has 2 aromatic rings. The summed E-state index contributed by atoms with van der Waals surface area (Å²) in [7, 11) is 0. The van der Waals surface area contributed by atoms with Crippen molar-refractivity contribution in [3.8, 4) is 0 Å². The van der Waals surface area contributed by atoms with Gasteiger partial charge in [0.15, 0.2) is 0 Å². The zero-order valence-corrected chi connectivity index (χ0v) is 13.0. The molecule has 22 heavy (non-hydrogen) atoms. The molecular formula is C18H20FNO2. The maximum atomic E-state index is 13.8. The zero-order chi connectivity index (χ0) is 16.2. The van der Waals surface area contributed by atoms with Gasteiger partial charge in [-0.1, -0.05) is 32.0 Å². The van der Waals surface area contributed by atoms with Crippen molar-refractivity contribution in [2.45, 2.75) is 26.2 Å². The van der Waals surface area contributed by atoms with Crippen LogP contribution >= 0.6 is 0 Å². The first-order chi connectivity index (χ1) is 10.4. The highest BCUT2D eigenvalue weighted by atomic mass is 19.1. The first kappa shape index (κ1) is 16.0. The SMILES string of the molecule is Cc1ccc(/C=C/C(=O)NCC(C)(C)c2ccccc2F)o1. The minimum Gasteiger partial charge on any atom is -0.462 e. The first-order valence-electron chi connectivity index (χ1n) is 7.16. The van der Waals surface area contributed by atoms with E-state index in [0.29, 0.717) is 17.9 Å². The number of halogens is 1. The third-order valence-corrected chi connectivity index (χ3v) is 3.47. The van der Waals surface area contributed by atoms with Crippen LogP contribution in [0.2, 0.25) is 0 Å². The van der Waals surface area contributed by atoms with E-state index in [1.807, 2.05) is 26.8 Å². The molecule has 0 aliphatic heterocycles. The molecule has 4 heteroatoms. The molecule has 0 aliphatic carbocycles. The lowest BCUT2D eigenvalue weighted by Gasteiger charge is -2.25. The summed E-state index contributed by atoms with van der Waals surface area (Å²) >= 11 is 0. The Hall–Kier alpha value is -2.36. The van der Waals surface area contributed by atoms with Crippen LogP contribution in [0.5, 0.6) is 0 Å². The van der Waals surface area contributed by atoms with Crippen LogP contribution in [0.1, 0.15) is 30.9 Å². The smallest absolute Gasteiger partial charge is 0.244 e. The standard InChI is InChI=1S/C18H20FNO2/c1-13-8-9-14(22-13)10-11-17(21)20-12-18(2,3)15-6-4-5-7-16(15)19/h4-11H,12H2,1-3H3,(H,20,21)/b11-10+. The van der Waals surface area contributed by atoms with Crippen molar-refractivity contribution in [1.29, 1.82) is 0 Å². The number of carbonyl (C=O) groups is 1. The number of furan rings is 1. The van der Waals surface area contributed by atoms with E-state index in [2.05, 4.69) is 5.32 Å². The highest BCUT2D eigenvalue weighted by Crippen LogP contribution is 2.24. The molecule has 0 saturated heterocycles. The molecule has 0 spiro atoms. The van der Waals surface area contributed by atoms with Crippen LogP contribution in [0, 0.1) is 12.7 Å². The van der Waals surface area contributed by atoms with E-state index in [0.717, 1.165) is 5.76 Å². The molecule has 0 unspecified atom stereocenters. The zero-order valence-electron chi connectivity index (χ0n) is 13.0. The van der Waals surface area contributed by atoms with Crippen molar-refractivity contribution in [3.05, 3.63) is 65.4 Å². The van der Waals surface area contributed by atoms with E-state index >= 15 is 0 Å². The van der Waals surface area contributed by atoms with Gasteiger partial charge in [-0.2, -0.15) is 0 Å². The molecule has 0 saturated carbocycles. The number of carbonyl (C=O) groups excluding carboxylic acids is 1. The average molecular weight is 301 g/mol. The molecule has 3 nitrogen and oxygen atoms in total. The van der Waals surface area contributed by atoms with E-state index in [-0.39, 0.29) is 11.7 Å². The highest BCUT2D eigenvalue weighted by molar-refractivity contribution is 5.91. The van der Waals surface area contributed by atoms with Gasteiger partial charge in [-0.25, -0.2) is 4.39 Å². The lowest BCUT2D eigenvalue weighted by Crippen LogP contribution is -2.36. The minimum atomic E-state index is -0.490. The van der Waals surface area contributed by atoms with Gasteiger partial charge >= 0.3 is 0 Å². The third-order valence-electron chi connectivity index (χ3n) is 3.47. The normalized spacial score (nSPS) is 11.8. The Labute approximate surface area is 129 Å².